The molecule has 3 nitrogen and oxygen atoms in total. The summed E-state index contributed by atoms with van der Waals surface area (Å²) in [6.45, 7) is 4.55. The third-order valence-electron chi connectivity index (χ3n) is 8.72. The van der Waals surface area contributed by atoms with E-state index in [1.54, 1.807) is 0 Å². The summed E-state index contributed by atoms with van der Waals surface area (Å²) in [5.41, 5.74) is 8.24. The molecule has 0 aromatic heterocycles. The highest BCUT2D eigenvalue weighted by Crippen LogP contribution is 2.63. The van der Waals surface area contributed by atoms with Crippen LogP contribution in [0.4, 0.5) is 0 Å². The summed E-state index contributed by atoms with van der Waals surface area (Å²) in [7, 11) is -1.46. The maximum absolute atomic E-state index is 7.05. The van der Waals surface area contributed by atoms with E-state index in [9.17, 15) is 0 Å². The Balaban J connectivity index is 1.40. The largest absolute Gasteiger partial charge is 0.427 e. The van der Waals surface area contributed by atoms with Crippen molar-refractivity contribution in [2.24, 2.45) is 0 Å². The van der Waals surface area contributed by atoms with Crippen molar-refractivity contribution in [2.45, 2.75) is 57.0 Å². The molecule has 1 unspecified atom stereocenters. The Morgan fingerprint density at radius 3 is 1.54 bits per heavy atom. The molecule has 4 heteroatoms. The van der Waals surface area contributed by atoms with E-state index in [4.69, 9.17) is 9.05 Å². The highest BCUT2D eigenvalue weighted by molar-refractivity contribution is 7.45. The van der Waals surface area contributed by atoms with Gasteiger partial charge in [-0.3, -0.25) is 0 Å². The van der Waals surface area contributed by atoms with Gasteiger partial charge in [-0.15, -0.1) is 0 Å². The predicted molar refractivity (Wildman–Crippen MR) is 150 cm³/mol. The van der Waals surface area contributed by atoms with Crippen molar-refractivity contribution < 1.29 is 9.05 Å². The van der Waals surface area contributed by atoms with Crippen molar-refractivity contribution in [1.29, 1.82) is 0 Å². The summed E-state index contributed by atoms with van der Waals surface area (Å²) in [5, 5.41) is 0. The Labute approximate surface area is 221 Å². The zero-order valence-corrected chi connectivity index (χ0v) is 22.3. The molecule has 37 heavy (non-hydrogen) atoms. The Kier molecular flexibility index (Phi) is 5.61. The summed E-state index contributed by atoms with van der Waals surface area (Å²) in [6, 6.07) is 34.9. The SMILES string of the molecule is CC(c1ccccc1)N([C@H](C)c1ccccc1)P1Oc2cccc3c2C2(CC3)CCc3cccc(c32)O1. The van der Waals surface area contributed by atoms with E-state index in [2.05, 4.69) is 116 Å². The summed E-state index contributed by atoms with van der Waals surface area (Å²) >= 11 is 0. The van der Waals surface area contributed by atoms with Gasteiger partial charge in [-0.1, -0.05) is 84.9 Å². The van der Waals surface area contributed by atoms with Gasteiger partial charge in [0, 0.05) is 28.6 Å². The average Bonchev–Trinajstić information content (AvgIpc) is 3.51. The van der Waals surface area contributed by atoms with E-state index in [-0.39, 0.29) is 17.5 Å². The van der Waals surface area contributed by atoms with Crippen molar-refractivity contribution in [3.63, 3.8) is 0 Å². The van der Waals surface area contributed by atoms with Gasteiger partial charge in [-0.25, -0.2) is 4.67 Å². The standard InChI is InChI=1S/C33H32NO2P/c1-23(25-11-5-3-6-12-25)34(24(2)26-13-7-4-8-14-26)37-35-29-17-9-15-27-19-21-33(31(27)29)22-20-28-16-10-18-30(36-37)32(28)33/h3-18,23-24H,19-22H2,1-2H3/t23-,24?,33?/m1/s1. The predicted octanol–water partition coefficient (Wildman–Crippen LogP) is 8.69. The second-order valence-corrected chi connectivity index (χ2v) is 11.9. The smallest absolute Gasteiger partial charge is 0.385 e. The van der Waals surface area contributed by atoms with Crippen LogP contribution in [0, 0.1) is 0 Å². The molecule has 0 N–H and O–H groups in total. The number of rotatable bonds is 5. The minimum absolute atomic E-state index is 0.0141. The van der Waals surface area contributed by atoms with Crippen LogP contribution in [0.1, 0.15) is 72.2 Å². The number of hydrogen-bond acceptors (Lipinski definition) is 3. The molecule has 0 saturated carbocycles. The highest BCUT2D eigenvalue weighted by atomic mass is 31.2. The van der Waals surface area contributed by atoms with Crippen molar-refractivity contribution in [1.82, 2.24) is 4.67 Å². The Morgan fingerprint density at radius 1 is 0.622 bits per heavy atom. The van der Waals surface area contributed by atoms with Crippen LogP contribution in [0.15, 0.2) is 97.1 Å². The molecule has 3 aliphatic rings. The molecule has 0 fully saturated rings. The Bertz CT molecular complexity index is 1330. The fraction of sp³-hybridized carbons (Fsp3) is 0.273. The number of benzene rings is 4. The minimum atomic E-state index is -1.46. The van der Waals surface area contributed by atoms with Crippen LogP contribution in [0.25, 0.3) is 0 Å². The topological polar surface area (TPSA) is 21.7 Å². The van der Waals surface area contributed by atoms with E-state index >= 15 is 0 Å². The van der Waals surface area contributed by atoms with E-state index in [0.717, 1.165) is 37.2 Å². The summed E-state index contributed by atoms with van der Waals surface area (Å²) < 4.78 is 16.6. The van der Waals surface area contributed by atoms with Gasteiger partial charge in [0.05, 0.1) is 0 Å². The molecular weight excluding hydrogens is 473 g/mol. The number of nitrogens with zero attached hydrogens (tertiary/aromatic N) is 1. The lowest BCUT2D eigenvalue weighted by Gasteiger charge is -2.41. The molecule has 0 radical (unpaired) electrons. The summed E-state index contributed by atoms with van der Waals surface area (Å²) in [5.74, 6) is 2.02. The van der Waals surface area contributed by atoms with Crippen LogP contribution in [0.5, 0.6) is 11.5 Å². The maximum Gasteiger partial charge on any atom is 0.385 e. The second-order valence-electron chi connectivity index (χ2n) is 10.6. The van der Waals surface area contributed by atoms with Crippen LogP contribution in [0.3, 0.4) is 0 Å². The molecule has 4 aromatic rings. The first kappa shape index (κ1) is 23.0. The molecule has 1 aliphatic heterocycles. The third kappa shape index (κ3) is 3.63. The molecule has 0 amide bonds. The first-order valence-corrected chi connectivity index (χ1v) is 14.6. The number of aryl methyl sites for hydroxylation is 2. The fourth-order valence-electron chi connectivity index (χ4n) is 6.92. The minimum Gasteiger partial charge on any atom is -0.427 e. The Hall–Kier alpha value is -3.13. The van der Waals surface area contributed by atoms with Gasteiger partial charge >= 0.3 is 8.53 Å². The van der Waals surface area contributed by atoms with Gasteiger partial charge in [-0.2, -0.15) is 0 Å². The first-order valence-electron chi connectivity index (χ1n) is 13.4. The maximum atomic E-state index is 7.05. The van der Waals surface area contributed by atoms with Gasteiger partial charge in [0.1, 0.15) is 11.5 Å². The molecule has 1 heterocycles. The monoisotopic (exact) mass is 505 g/mol. The van der Waals surface area contributed by atoms with Crippen LogP contribution in [-0.4, -0.2) is 4.67 Å². The van der Waals surface area contributed by atoms with Crippen molar-refractivity contribution in [3.05, 3.63) is 130 Å². The number of hydrogen-bond donors (Lipinski definition) is 0. The van der Waals surface area contributed by atoms with Gasteiger partial charge < -0.3 is 9.05 Å². The molecule has 2 aliphatic carbocycles. The van der Waals surface area contributed by atoms with Crippen LogP contribution in [-0.2, 0) is 18.3 Å². The normalized spacial score (nSPS) is 18.7. The van der Waals surface area contributed by atoms with E-state index in [1.165, 1.54) is 33.4 Å². The zero-order valence-electron chi connectivity index (χ0n) is 21.4. The lowest BCUT2D eigenvalue weighted by molar-refractivity contribution is 0.244. The van der Waals surface area contributed by atoms with Crippen molar-refractivity contribution >= 4 is 8.53 Å². The fourth-order valence-corrected chi connectivity index (χ4v) is 8.62. The highest BCUT2D eigenvalue weighted by Gasteiger charge is 2.51. The molecule has 7 rings (SSSR count). The van der Waals surface area contributed by atoms with Gasteiger partial charge in [0.2, 0.25) is 0 Å². The van der Waals surface area contributed by atoms with Crippen LogP contribution < -0.4 is 9.05 Å². The van der Waals surface area contributed by atoms with Crippen molar-refractivity contribution in [2.75, 3.05) is 0 Å². The van der Waals surface area contributed by atoms with Crippen molar-refractivity contribution in [3.8, 4) is 11.5 Å². The Morgan fingerprint density at radius 2 is 1.08 bits per heavy atom. The van der Waals surface area contributed by atoms with Crippen LogP contribution in [0.2, 0.25) is 0 Å². The molecular formula is C33H32NO2P. The molecule has 0 saturated heterocycles. The average molecular weight is 506 g/mol. The van der Waals surface area contributed by atoms with E-state index in [0.29, 0.717) is 0 Å². The third-order valence-corrected chi connectivity index (χ3v) is 10.5. The van der Waals surface area contributed by atoms with E-state index < -0.39 is 8.53 Å². The summed E-state index contributed by atoms with van der Waals surface area (Å²) in [6.07, 6.45) is 4.47. The molecule has 0 bridgehead atoms. The molecule has 4 aromatic carbocycles. The lowest BCUT2D eigenvalue weighted by Crippen LogP contribution is -2.31. The van der Waals surface area contributed by atoms with E-state index in [1.807, 2.05) is 0 Å². The van der Waals surface area contributed by atoms with Crippen LogP contribution >= 0.6 is 8.53 Å². The van der Waals surface area contributed by atoms with Gasteiger partial charge in [0.25, 0.3) is 0 Å². The summed E-state index contributed by atoms with van der Waals surface area (Å²) in [4.78, 5) is 0. The van der Waals surface area contributed by atoms with Gasteiger partial charge in [-0.05, 0) is 73.9 Å². The molecule has 2 atom stereocenters. The molecule has 1 spiro atoms. The molecule has 186 valence electrons. The second kappa shape index (κ2) is 9.01. The first-order chi connectivity index (χ1) is 18.2. The van der Waals surface area contributed by atoms with Gasteiger partial charge in [0.15, 0.2) is 0 Å². The lowest BCUT2D eigenvalue weighted by atomic mass is 9.76. The zero-order chi connectivity index (χ0) is 25.0. The quantitative estimate of drug-likeness (QED) is 0.253.